The van der Waals surface area contributed by atoms with E-state index < -0.39 is 0 Å². The average molecular weight is 136 g/mol. The smallest absolute Gasteiger partial charge is 0.0622 e. The van der Waals surface area contributed by atoms with Gasteiger partial charge in [0.25, 0.3) is 0 Å². The number of nitriles is 1. The summed E-state index contributed by atoms with van der Waals surface area (Å²) in [6, 6.07) is 2.74. The van der Waals surface area contributed by atoms with Gasteiger partial charge in [-0.15, -0.1) is 6.58 Å². The number of unbranched alkanes of at least 4 members (excludes halogenated alkanes) is 1. The zero-order chi connectivity index (χ0) is 7.40. The molecule has 0 aliphatic carbocycles. The fraction of sp³-hybridized carbons (Fsp3) is 0.625. The Kier molecular flexibility index (Phi) is 2.47. The molecule has 2 atom stereocenters. The van der Waals surface area contributed by atoms with E-state index in [-0.39, 0.29) is 0 Å². The minimum Gasteiger partial charge on any atom is -0.294 e. The van der Waals surface area contributed by atoms with Crippen molar-refractivity contribution in [3.8, 4) is 6.07 Å². The molecule has 2 nitrogen and oxygen atoms in total. The molecule has 0 bridgehead atoms. The second-order valence-corrected chi connectivity index (χ2v) is 2.56. The van der Waals surface area contributed by atoms with Crippen LogP contribution < -0.4 is 0 Å². The summed E-state index contributed by atoms with van der Waals surface area (Å²) < 4.78 is 0. The van der Waals surface area contributed by atoms with Crippen molar-refractivity contribution in [3.63, 3.8) is 0 Å². The van der Waals surface area contributed by atoms with Gasteiger partial charge in [0.2, 0.25) is 0 Å². The molecule has 0 N–H and O–H groups in total. The van der Waals surface area contributed by atoms with Gasteiger partial charge in [-0.2, -0.15) is 5.26 Å². The summed E-state index contributed by atoms with van der Waals surface area (Å²) in [6.07, 6.45) is 3.65. The highest BCUT2D eigenvalue weighted by Gasteiger charge is 2.29. The predicted molar refractivity (Wildman–Crippen MR) is 40.4 cm³/mol. The van der Waals surface area contributed by atoms with E-state index in [4.69, 9.17) is 5.26 Å². The molecule has 1 saturated heterocycles. The van der Waals surface area contributed by atoms with Crippen molar-refractivity contribution in [3.05, 3.63) is 12.7 Å². The van der Waals surface area contributed by atoms with Crippen LogP contribution in [0.1, 0.15) is 12.8 Å². The SMILES string of the molecule is C=CC1CN1CCCC#N. The lowest BCUT2D eigenvalue weighted by molar-refractivity contribution is 0.517. The molecule has 10 heavy (non-hydrogen) atoms. The molecule has 1 heterocycles. The molecule has 54 valence electrons. The Bertz CT molecular complexity index is 157. The van der Waals surface area contributed by atoms with Crippen LogP contribution in [0, 0.1) is 11.3 Å². The minimum absolute atomic E-state index is 0.610. The Morgan fingerprint density at radius 1 is 1.80 bits per heavy atom. The molecule has 0 spiro atoms. The molecule has 0 radical (unpaired) electrons. The van der Waals surface area contributed by atoms with Crippen LogP contribution in [0.4, 0.5) is 0 Å². The molecule has 0 aromatic rings. The van der Waals surface area contributed by atoms with Gasteiger partial charge >= 0.3 is 0 Å². The largest absolute Gasteiger partial charge is 0.294 e. The van der Waals surface area contributed by atoms with Crippen LogP contribution in [0.2, 0.25) is 0 Å². The number of hydrogen-bond acceptors (Lipinski definition) is 2. The topological polar surface area (TPSA) is 26.8 Å². The summed E-state index contributed by atoms with van der Waals surface area (Å²) in [5, 5.41) is 8.23. The summed E-state index contributed by atoms with van der Waals surface area (Å²) in [6.45, 7) is 5.90. The van der Waals surface area contributed by atoms with Crippen LogP contribution >= 0.6 is 0 Å². The third kappa shape index (κ3) is 1.85. The Balaban J connectivity index is 1.97. The molecule has 0 amide bonds. The molecule has 1 rings (SSSR count). The van der Waals surface area contributed by atoms with E-state index in [0.29, 0.717) is 12.5 Å². The second kappa shape index (κ2) is 3.38. The first-order chi connectivity index (χ1) is 4.88. The maximum Gasteiger partial charge on any atom is 0.0622 e. The molecule has 1 aliphatic rings. The van der Waals surface area contributed by atoms with Gasteiger partial charge in [-0.05, 0) is 13.0 Å². The highest BCUT2D eigenvalue weighted by Crippen LogP contribution is 2.17. The molecule has 2 unspecified atom stereocenters. The first-order valence-electron chi connectivity index (χ1n) is 3.62. The van der Waals surface area contributed by atoms with Crippen molar-refractivity contribution < 1.29 is 0 Å². The maximum atomic E-state index is 8.23. The van der Waals surface area contributed by atoms with E-state index in [9.17, 15) is 0 Å². The van der Waals surface area contributed by atoms with Crippen LogP contribution in [0.15, 0.2) is 12.7 Å². The highest BCUT2D eigenvalue weighted by atomic mass is 15.3. The Hall–Kier alpha value is -0.810. The zero-order valence-electron chi connectivity index (χ0n) is 6.08. The van der Waals surface area contributed by atoms with Crippen LogP contribution in [0.5, 0.6) is 0 Å². The van der Waals surface area contributed by atoms with Gasteiger partial charge < -0.3 is 0 Å². The molecular weight excluding hydrogens is 124 g/mol. The van der Waals surface area contributed by atoms with Gasteiger partial charge in [0.05, 0.1) is 6.07 Å². The van der Waals surface area contributed by atoms with Crippen molar-refractivity contribution in [2.45, 2.75) is 18.9 Å². The standard InChI is InChI=1S/C8H12N2/c1-2-8-7-10(8)6-4-3-5-9/h2,8H,1,3-4,6-7H2. The molecule has 1 aliphatic heterocycles. The first kappa shape index (κ1) is 7.30. The van der Waals surface area contributed by atoms with E-state index in [1.54, 1.807) is 0 Å². The lowest BCUT2D eigenvalue weighted by atomic mass is 10.3. The number of nitrogens with zero attached hydrogens (tertiary/aromatic N) is 2. The molecule has 1 fully saturated rings. The van der Waals surface area contributed by atoms with Crippen molar-refractivity contribution in [2.75, 3.05) is 13.1 Å². The molecule has 0 aromatic carbocycles. The monoisotopic (exact) mass is 136 g/mol. The van der Waals surface area contributed by atoms with E-state index >= 15 is 0 Å². The van der Waals surface area contributed by atoms with Crippen molar-refractivity contribution in [1.29, 1.82) is 5.26 Å². The van der Waals surface area contributed by atoms with E-state index in [2.05, 4.69) is 17.5 Å². The number of rotatable bonds is 4. The van der Waals surface area contributed by atoms with E-state index in [1.807, 2.05) is 6.08 Å². The van der Waals surface area contributed by atoms with E-state index in [1.165, 1.54) is 0 Å². The summed E-state index contributed by atoms with van der Waals surface area (Å²) >= 11 is 0. The van der Waals surface area contributed by atoms with Crippen LogP contribution in [-0.4, -0.2) is 24.0 Å². The minimum atomic E-state index is 0.610. The normalized spacial score (nSPS) is 29.1. The average Bonchev–Trinajstić information content (AvgIpc) is 2.68. The summed E-state index contributed by atoms with van der Waals surface area (Å²) in [7, 11) is 0. The quantitative estimate of drug-likeness (QED) is 0.329. The Morgan fingerprint density at radius 3 is 3.10 bits per heavy atom. The predicted octanol–water partition coefficient (Wildman–Crippen LogP) is 1.16. The summed E-state index contributed by atoms with van der Waals surface area (Å²) in [4.78, 5) is 2.31. The van der Waals surface area contributed by atoms with Crippen LogP contribution in [0.3, 0.4) is 0 Å². The molecular formula is C8H12N2. The zero-order valence-corrected chi connectivity index (χ0v) is 6.08. The van der Waals surface area contributed by atoms with Gasteiger partial charge in [0.15, 0.2) is 0 Å². The molecule has 2 heteroatoms. The van der Waals surface area contributed by atoms with Crippen molar-refractivity contribution in [1.82, 2.24) is 4.90 Å². The van der Waals surface area contributed by atoms with Gasteiger partial charge in [-0.1, -0.05) is 6.08 Å². The van der Waals surface area contributed by atoms with Crippen molar-refractivity contribution in [2.24, 2.45) is 0 Å². The summed E-state index contributed by atoms with van der Waals surface area (Å²) in [5.41, 5.74) is 0. The first-order valence-corrected chi connectivity index (χ1v) is 3.62. The third-order valence-electron chi connectivity index (χ3n) is 1.76. The fourth-order valence-electron chi connectivity index (χ4n) is 1.04. The van der Waals surface area contributed by atoms with Crippen LogP contribution in [0.25, 0.3) is 0 Å². The molecule has 0 saturated carbocycles. The van der Waals surface area contributed by atoms with E-state index in [0.717, 1.165) is 19.5 Å². The van der Waals surface area contributed by atoms with Gasteiger partial charge in [-0.25, -0.2) is 0 Å². The lowest BCUT2D eigenvalue weighted by Crippen LogP contribution is -2.01. The molecule has 0 aromatic heterocycles. The maximum absolute atomic E-state index is 8.23. The Morgan fingerprint density at radius 2 is 2.60 bits per heavy atom. The second-order valence-electron chi connectivity index (χ2n) is 2.56. The van der Waals surface area contributed by atoms with Gasteiger partial charge in [0, 0.05) is 19.0 Å². The summed E-state index contributed by atoms with van der Waals surface area (Å²) in [5.74, 6) is 0. The fourth-order valence-corrected chi connectivity index (χ4v) is 1.04. The number of hydrogen-bond donors (Lipinski definition) is 0. The highest BCUT2D eigenvalue weighted by molar-refractivity contribution is 5.01. The van der Waals surface area contributed by atoms with Crippen molar-refractivity contribution >= 4 is 0 Å². The van der Waals surface area contributed by atoms with Gasteiger partial charge in [-0.3, -0.25) is 4.90 Å². The van der Waals surface area contributed by atoms with Crippen LogP contribution in [-0.2, 0) is 0 Å². The third-order valence-corrected chi connectivity index (χ3v) is 1.76. The lowest BCUT2D eigenvalue weighted by Gasteiger charge is -1.95. The Labute approximate surface area is 61.8 Å². The van der Waals surface area contributed by atoms with Gasteiger partial charge in [0.1, 0.15) is 0 Å².